The molecule has 2 heterocycles. The van der Waals surface area contributed by atoms with E-state index in [9.17, 15) is 4.79 Å². The molecule has 1 aliphatic rings. The molecule has 0 bridgehead atoms. The van der Waals surface area contributed by atoms with Gasteiger partial charge in [-0.3, -0.25) is 9.88 Å². The second-order valence-electron chi connectivity index (χ2n) is 7.32. The summed E-state index contributed by atoms with van der Waals surface area (Å²) in [6.07, 6.45) is 0. The molecular formula is C22H24N4O. The highest BCUT2D eigenvalue weighted by atomic mass is 16.2. The molecule has 2 aromatic carbocycles. The number of amides is 2. The number of aromatic nitrogens is 1. The van der Waals surface area contributed by atoms with E-state index < -0.39 is 0 Å². The van der Waals surface area contributed by atoms with E-state index >= 15 is 0 Å². The smallest absolute Gasteiger partial charge is 0.324 e. The Kier molecular flexibility index (Phi) is 4.22. The number of nitrogens with zero attached hydrogens (tertiary/aromatic N) is 3. The van der Waals surface area contributed by atoms with Gasteiger partial charge in [0.15, 0.2) is 0 Å². The first-order valence-electron chi connectivity index (χ1n) is 9.21. The van der Waals surface area contributed by atoms with E-state index in [1.165, 1.54) is 11.1 Å². The van der Waals surface area contributed by atoms with Crippen molar-refractivity contribution in [1.82, 2.24) is 9.88 Å². The number of benzene rings is 2. The van der Waals surface area contributed by atoms with Gasteiger partial charge in [-0.15, -0.1) is 0 Å². The van der Waals surface area contributed by atoms with Gasteiger partial charge >= 0.3 is 6.03 Å². The molecule has 5 heteroatoms. The number of aryl methyl sites for hydroxylation is 3. The van der Waals surface area contributed by atoms with Gasteiger partial charge in [-0.1, -0.05) is 11.6 Å². The number of urea groups is 1. The first-order valence-corrected chi connectivity index (χ1v) is 9.21. The van der Waals surface area contributed by atoms with E-state index in [0.717, 1.165) is 46.7 Å². The Morgan fingerprint density at radius 3 is 2.41 bits per heavy atom. The van der Waals surface area contributed by atoms with E-state index in [-0.39, 0.29) is 6.03 Å². The fourth-order valence-electron chi connectivity index (χ4n) is 3.68. The number of rotatable bonds is 3. The van der Waals surface area contributed by atoms with Crippen molar-refractivity contribution in [3.63, 3.8) is 0 Å². The molecule has 1 saturated heterocycles. The van der Waals surface area contributed by atoms with Gasteiger partial charge in [0.05, 0.1) is 5.52 Å². The number of hydrogen-bond donors (Lipinski definition) is 1. The summed E-state index contributed by atoms with van der Waals surface area (Å²) in [7, 11) is 1.83. The van der Waals surface area contributed by atoms with E-state index in [1.54, 1.807) is 4.90 Å². The van der Waals surface area contributed by atoms with Crippen molar-refractivity contribution in [3.8, 4) is 0 Å². The fraction of sp³-hybridized carbons (Fsp3) is 0.273. The molecule has 2 amide bonds. The number of fused-ring (bicyclic) bond motifs is 1. The highest BCUT2D eigenvalue weighted by molar-refractivity contribution is 5.96. The van der Waals surface area contributed by atoms with Crippen molar-refractivity contribution in [2.75, 3.05) is 30.4 Å². The molecular weight excluding hydrogens is 336 g/mol. The van der Waals surface area contributed by atoms with Crippen LogP contribution in [0.4, 0.5) is 21.9 Å². The number of likely N-dealkylation sites (N-methyl/N-ethyl adjacent to an activating group) is 1. The standard InChI is InChI=1S/C22H24N4O/c1-14-11-15(2)21-19(12-14)20(13-16(3)23-21)24-17-5-7-18(8-6-17)26-10-9-25(4)22(26)27/h5-8,11-13H,9-10H2,1-4H3,(H,23,24). The molecule has 1 aromatic heterocycles. The van der Waals surface area contributed by atoms with Crippen LogP contribution in [0.2, 0.25) is 0 Å². The predicted molar refractivity (Wildman–Crippen MR) is 111 cm³/mol. The molecule has 0 spiro atoms. The zero-order valence-corrected chi connectivity index (χ0v) is 16.2. The topological polar surface area (TPSA) is 48.5 Å². The molecule has 1 fully saturated rings. The third-order valence-electron chi connectivity index (χ3n) is 5.05. The molecule has 0 saturated carbocycles. The van der Waals surface area contributed by atoms with E-state index in [1.807, 2.05) is 43.1 Å². The van der Waals surface area contributed by atoms with Gasteiger partial charge < -0.3 is 10.2 Å². The van der Waals surface area contributed by atoms with Crippen LogP contribution in [0.15, 0.2) is 42.5 Å². The number of anilines is 3. The van der Waals surface area contributed by atoms with Crippen molar-refractivity contribution < 1.29 is 4.79 Å². The Hall–Kier alpha value is -3.08. The van der Waals surface area contributed by atoms with Crippen molar-refractivity contribution in [2.45, 2.75) is 20.8 Å². The van der Waals surface area contributed by atoms with Crippen LogP contribution >= 0.6 is 0 Å². The zero-order valence-electron chi connectivity index (χ0n) is 16.2. The summed E-state index contributed by atoms with van der Waals surface area (Å²) in [6, 6.07) is 14.5. The SMILES string of the molecule is Cc1cc(C)c2nc(C)cc(Nc3ccc(N4CCN(C)C4=O)cc3)c2c1. The largest absolute Gasteiger partial charge is 0.355 e. The summed E-state index contributed by atoms with van der Waals surface area (Å²) in [5.74, 6) is 0. The monoisotopic (exact) mass is 360 g/mol. The maximum absolute atomic E-state index is 12.2. The molecule has 4 rings (SSSR count). The lowest BCUT2D eigenvalue weighted by molar-refractivity contribution is 0.229. The molecule has 0 unspecified atom stereocenters. The van der Waals surface area contributed by atoms with E-state index in [2.05, 4.69) is 37.4 Å². The summed E-state index contributed by atoms with van der Waals surface area (Å²) < 4.78 is 0. The first-order chi connectivity index (χ1) is 12.9. The van der Waals surface area contributed by atoms with Crippen LogP contribution in [-0.4, -0.2) is 36.1 Å². The summed E-state index contributed by atoms with van der Waals surface area (Å²) in [5, 5.41) is 4.65. The minimum absolute atomic E-state index is 0.0532. The number of nitrogens with one attached hydrogen (secondary N) is 1. The molecule has 0 aliphatic carbocycles. The molecule has 1 N–H and O–H groups in total. The summed E-state index contributed by atoms with van der Waals surface area (Å²) >= 11 is 0. The van der Waals surface area contributed by atoms with Gasteiger partial charge in [0.2, 0.25) is 0 Å². The highest BCUT2D eigenvalue weighted by Gasteiger charge is 2.26. The Labute approximate surface area is 159 Å². The maximum atomic E-state index is 12.2. The predicted octanol–water partition coefficient (Wildman–Crippen LogP) is 4.78. The van der Waals surface area contributed by atoms with Crippen LogP contribution in [0.3, 0.4) is 0 Å². The molecule has 3 aromatic rings. The lowest BCUT2D eigenvalue weighted by Crippen LogP contribution is -2.29. The van der Waals surface area contributed by atoms with Crippen molar-refractivity contribution in [1.29, 1.82) is 0 Å². The van der Waals surface area contributed by atoms with Crippen LogP contribution in [0.25, 0.3) is 10.9 Å². The lowest BCUT2D eigenvalue weighted by Gasteiger charge is -2.17. The molecule has 1 aliphatic heterocycles. The number of carbonyl (C=O) groups excluding carboxylic acids is 1. The molecule has 0 radical (unpaired) electrons. The second-order valence-corrected chi connectivity index (χ2v) is 7.32. The van der Waals surface area contributed by atoms with Crippen LogP contribution in [0.1, 0.15) is 16.8 Å². The zero-order chi connectivity index (χ0) is 19.1. The average molecular weight is 360 g/mol. The Morgan fingerprint density at radius 1 is 1.00 bits per heavy atom. The highest BCUT2D eigenvalue weighted by Crippen LogP contribution is 2.30. The molecule has 0 atom stereocenters. The number of pyridine rings is 1. The van der Waals surface area contributed by atoms with Crippen LogP contribution < -0.4 is 10.2 Å². The normalized spacial score (nSPS) is 14.3. The third-order valence-corrected chi connectivity index (χ3v) is 5.05. The first kappa shape index (κ1) is 17.3. The minimum Gasteiger partial charge on any atom is -0.355 e. The average Bonchev–Trinajstić information content (AvgIpc) is 2.96. The second kappa shape index (κ2) is 6.58. The summed E-state index contributed by atoms with van der Waals surface area (Å²) in [5.41, 5.74) is 7.39. The molecule has 138 valence electrons. The Balaban J connectivity index is 1.66. The van der Waals surface area contributed by atoms with Gasteiger partial charge in [-0.2, -0.15) is 0 Å². The molecule has 27 heavy (non-hydrogen) atoms. The Bertz CT molecular complexity index is 1030. The van der Waals surface area contributed by atoms with Gasteiger partial charge in [-0.25, -0.2) is 4.79 Å². The summed E-state index contributed by atoms with van der Waals surface area (Å²) in [4.78, 5) is 20.4. The van der Waals surface area contributed by atoms with E-state index in [4.69, 9.17) is 4.98 Å². The quantitative estimate of drug-likeness (QED) is 0.731. The van der Waals surface area contributed by atoms with Crippen LogP contribution in [0, 0.1) is 20.8 Å². The van der Waals surface area contributed by atoms with Crippen molar-refractivity contribution in [2.24, 2.45) is 0 Å². The lowest BCUT2D eigenvalue weighted by atomic mass is 10.0. The van der Waals surface area contributed by atoms with Gasteiger partial charge in [-0.05, 0) is 62.7 Å². The van der Waals surface area contributed by atoms with Crippen molar-refractivity contribution in [3.05, 3.63) is 59.3 Å². The fourth-order valence-corrected chi connectivity index (χ4v) is 3.68. The van der Waals surface area contributed by atoms with E-state index in [0.29, 0.717) is 0 Å². The van der Waals surface area contributed by atoms with Crippen LogP contribution in [0.5, 0.6) is 0 Å². The van der Waals surface area contributed by atoms with Gasteiger partial charge in [0.25, 0.3) is 0 Å². The molecule has 5 nitrogen and oxygen atoms in total. The maximum Gasteiger partial charge on any atom is 0.324 e. The van der Waals surface area contributed by atoms with Gasteiger partial charge in [0.1, 0.15) is 0 Å². The van der Waals surface area contributed by atoms with Crippen LogP contribution in [-0.2, 0) is 0 Å². The third kappa shape index (κ3) is 3.21. The van der Waals surface area contributed by atoms with Crippen molar-refractivity contribution >= 4 is 34.0 Å². The summed E-state index contributed by atoms with van der Waals surface area (Å²) in [6.45, 7) is 7.72. The number of carbonyl (C=O) groups is 1. The number of hydrogen-bond acceptors (Lipinski definition) is 3. The minimum atomic E-state index is 0.0532. The Morgan fingerprint density at radius 2 is 1.74 bits per heavy atom. The van der Waals surface area contributed by atoms with Gasteiger partial charge in [0, 0.05) is 48.3 Å².